The lowest BCUT2D eigenvalue weighted by Gasteiger charge is -2.36. The Morgan fingerprint density at radius 1 is 0.922 bits per heavy atom. The summed E-state index contributed by atoms with van der Waals surface area (Å²) in [5, 5.41) is 2.40. The van der Waals surface area contributed by atoms with Crippen LogP contribution in [0.2, 0.25) is 0 Å². The molecule has 1 saturated carbocycles. The number of hydrogen-bond donors (Lipinski definition) is 2. The van der Waals surface area contributed by atoms with Gasteiger partial charge in [-0.15, -0.1) is 0 Å². The third-order valence-electron chi connectivity index (χ3n) is 12.1. The number of nitrogen functional groups attached to an aromatic ring is 1. The molecule has 7 rings (SSSR count). The van der Waals surface area contributed by atoms with Crippen LogP contribution in [0, 0.1) is 11.8 Å². The summed E-state index contributed by atoms with van der Waals surface area (Å²) in [5.74, 6) is 0.851. The number of imidazole rings is 1. The van der Waals surface area contributed by atoms with Gasteiger partial charge in [-0.3, -0.25) is 33.7 Å². The Labute approximate surface area is 300 Å². The molecule has 1 aromatic heterocycles. The van der Waals surface area contributed by atoms with Crippen LogP contribution in [0.4, 0.5) is 11.4 Å². The van der Waals surface area contributed by atoms with Gasteiger partial charge in [0.25, 0.3) is 5.91 Å². The summed E-state index contributed by atoms with van der Waals surface area (Å²) in [6.07, 6.45) is 8.56. The van der Waals surface area contributed by atoms with E-state index in [4.69, 9.17) is 5.73 Å². The zero-order valence-electron chi connectivity index (χ0n) is 30.7. The highest BCUT2D eigenvalue weighted by atomic mass is 16.2. The minimum Gasteiger partial charge on any atom is -0.397 e. The zero-order chi connectivity index (χ0) is 36.0. The molecule has 0 bridgehead atoms. The predicted molar refractivity (Wildman–Crippen MR) is 200 cm³/mol. The molecule has 3 aliphatic heterocycles. The van der Waals surface area contributed by atoms with E-state index in [0.29, 0.717) is 30.8 Å². The molecule has 1 atom stereocenters. The molecule has 3 fully saturated rings. The third-order valence-corrected chi connectivity index (χ3v) is 12.1. The number of fused-ring (bicyclic) bond motifs is 2. The molecule has 2 aromatic carbocycles. The van der Waals surface area contributed by atoms with E-state index in [2.05, 4.69) is 33.1 Å². The molecular weight excluding hydrogens is 644 g/mol. The van der Waals surface area contributed by atoms with Gasteiger partial charge in [0, 0.05) is 58.8 Å². The molecule has 12 heteroatoms. The van der Waals surface area contributed by atoms with Crippen molar-refractivity contribution in [2.24, 2.45) is 18.9 Å². The number of amides is 3. The topological polar surface area (TPSA) is 129 Å². The number of para-hydroxylation sites is 1. The SMILES string of the molecule is CN(CCC1CCN(Cc2cccc3c2n(C)c(=O)n3C2CCC(=O)NC2=O)CC1)CC1CCC(N2Cc3cc(N)c(N(C)C)cc3C2=O)CC1. The summed E-state index contributed by atoms with van der Waals surface area (Å²) >= 11 is 0. The molecule has 4 heterocycles. The highest BCUT2D eigenvalue weighted by Gasteiger charge is 2.36. The van der Waals surface area contributed by atoms with Gasteiger partial charge in [-0.1, -0.05) is 12.1 Å². The van der Waals surface area contributed by atoms with Crippen molar-refractivity contribution in [1.82, 2.24) is 29.2 Å². The minimum atomic E-state index is -0.671. The Hall–Kier alpha value is -4.16. The summed E-state index contributed by atoms with van der Waals surface area (Å²) in [6.45, 7) is 5.71. The molecule has 1 aliphatic carbocycles. The molecule has 3 N–H and O–H groups in total. The standard InChI is InChI=1S/C39H54N8O4/c1-42(2)34-21-30-28(20-31(34)40)24-46(38(30)50)29-10-8-26(9-11-29)22-43(3)17-14-25-15-18-45(19-16-25)23-27-6-5-7-32-36(27)44(4)39(51)47(32)33-12-13-35(48)41-37(33)49/h5-7,20-21,25-26,29,33H,8-19,22-24,40H2,1-4H3,(H,41,48,49). The van der Waals surface area contributed by atoms with Crippen molar-refractivity contribution in [1.29, 1.82) is 0 Å². The van der Waals surface area contributed by atoms with Crippen LogP contribution in [0.25, 0.3) is 11.0 Å². The molecule has 51 heavy (non-hydrogen) atoms. The average Bonchev–Trinajstić information content (AvgIpc) is 3.56. The first kappa shape index (κ1) is 35.3. The fourth-order valence-electron chi connectivity index (χ4n) is 9.20. The maximum Gasteiger partial charge on any atom is 0.329 e. The number of carbonyl (C=O) groups excluding carboxylic acids is 3. The van der Waals surface area contributed by atoms with Gasteiger partial charge in [0.05, 0.1) is 22.4 Å². The van der Waals surface area contributed by atoms with Crippen LogP contribution in [0.3, 0.4) is 0 Å². The lowest BCUT2D eigenvalue weighted by atomic mass is 9.85. The molecule has 3 aromatic rings. The maximum absolute atomic E-state index is 13.4. The normalized spacial score (nSPS) is 23.4. The van der Waals surface area contributed by atoms with Crippen LogP contribution in [0.15, 0.2) is 35.1 Å². The number of aryl methyl sites for hydroxylation is 1. The van der Waals surface area contributed by atoms with Crippen LogP contribution >= 0.6 is 0 Å². The van der Waals surface area contributed by atoms with Gasteiger partial charge in [0.2, 0.25) is 11.8 Å². The smallest absolute Gasteiger partial charge is 0.329 e. The summed E-state index contributed by atoms with van der Waals surface area (Å²) in [7, 11) is 7.96. The fourth-order valence-corrected chi connectivity index (χ4v) is 9.20. The number of piperidine rings is 2. The third kappa shape index (κ3) is 7.04. The molecule has 274 valence electrons. The molecule has 12 nitrogen and oxygen atoms in total. The summed E-state index contributed by atoms with van der Waals surface area (Å²) in [6, 6.07) is 9.56. The largest absolute Gasteiger partial charge is 0.397 e. The summed E-state index contributed by atoms with van der Waals surface area (Å²) in [5.41, 5.74) is 12.3. The Kier molecular flexibility index (Phi) is 9.99. The second kappa shape index (κ2) is 14.5. The number of rotatable bonds is 10. The predicted octanol–water partition coefficient (Wildman–Crippen LogP) is 3.71. The molecular formula is C39H54N8O4. The van der Waals surface area contributed by atoms with E-state index in [0.717, 1.165) is 97.5 Å². The van der Waals surface area contributed by atoms with Crippen molar-refractivity contribution in [2.45, 2.75) is 83.0 Å². The Morgan fingerprint density at radius 3 is 2.37 bits per heavy atom. The second-order valence-corrected chi connectivity index (χ2v) is 15.8. The molecule has 3 amide bonds. The monoisotopic (exact) mass is 698 g/mol. The number of anilines is 2. The zero-order valence-corrected chi connectivity index (χ0v) is 30.7. The number of nitrogens with zero attached hydrogens (tertiary/aromatic N) is 6. The molecule has 2 saturated heterocycles. The van der Waals surface area contributed by atoms with Crippen LogP contribution in [-0.2, 0) is 29.7 Å². The number of likely N-dealkylation sites (tertiary alicyclic amines) is 1. The molecule has 1 unspecified atom stereocenters. The average molecular weight is 699 g/mol. The maximum atomic E-state index is 13.4. The van der Waals surface area contributed by atoms with Gasteiger partial charge in [0.1, 0.15) is 6.04 Å². The number of nitrogens with two attached hydrogens (primary N) is 1. The summed E-state index contributed by atoms with van der Waals surface area (Å²) < 4.78 is 3.23. The van der Waals surface area contributed by atoms with E-state index in [9.17, 15) is 19.2 Å². The van der Waals surface area contributed by atoms with E-state index >= 15 is 0 Å². The van der Waals surface area contributed by atoms with Gasteiger partial charge < -0.3 is 20.4 Å². The van der Waals surface area contributed by atoms with Crippen molar-refractivity contribution >= 4 is 40.1 Å². The number of aromatic nitrogens is 2. The quantitative estimate of drug-likeness (QED) is 0.242. The van der Waals surface area contributed by atoms with Crippen molar-refractivity contribution in [3.05, 3.63) is 57.5 Å². The Bertz CT molecular complexity index is 1860. The molecule has 0 radical (unpaired) electrons. The first-order valence-corrected chi connectivity index (χ1v) is 18.8. The van der Waals surface area contributed by atoms with Gasteiger partial charge in [-0.25, -0.2) is 4.79 Å². The van der Waals surface area contributed by atoms with Crippen LogP contribution in [0.1, 0.15) is 85.3 Å². The highest BCUT2D eigenvalue weighted by Crippen LogP contribution is 2.37. The van der Waals surface area contributed by atoms with E-state index < -0.39 is 11.9 Å². The van der Waals surface area contributed by atoms with E-state index in [1.54, 1.807) is 16.2 Å². The number of benzene rings is 2. The van der Waals surface area contributed by atoms with Gasteiger partial charge in [-0.05, 0) is 119 Å². The lowest BCUT2D eigenvalue weighted by Crippen LogP contribution is -2.44. The van der Waals surface area contributed by atoms with E-state index in [-0.39, 0.29) is 23.9 Å². The van der Waals surface area contributed by atoms with Crippen molar-refractivity contribution in [3.8, 4) is 0 Å². The number of carbonyl (C=O) groups is 3. The van der Waals surface area contributed by atoms with Gasteiger partial charge >= 0.3 is 5.69 Å². The van der Waals surface area contributed by atoms with E-state index in [1.165, 1.54) is 19.3 Å². The van der Waals surface area contributed by atoms with Crippen LogP contribution < -0.4 is 21.6 Å². The van der Waals surface area contributed by atoms with E-state index in [1.807, 2.05) is 43.3 Å². The highest BCUT2D eigenvalue weighted by molar-refractivity contribution is 6.01. The summed E-state index contributed by atoms with van der Waals surface area (Å²) in [4.78, 5) is 60.1. The molecule has 0 spiro atoms. The van der Waals surface area contributed by atoms with Gasteiger partial charge in [0.15, 0.2) is 0 Å². The number of imide groups is 1. The fraction of sp³-hybridized carbons (Fsp3) is 0.590. The Morgan fingerprint density at radius 2 is 1.67 bits per heavy atom. The van der Waals surface area contributed by atoms with Crippen molar-refractivity contribution in [3.63, 3.8) is 0 Å². The number of hydrogen-bond acceptors (Lipinski definition) is 8. The molecule has 4 aliphatic rings. The minimum absolute atomic E-state index is 0.159. The first-order valence-electron chi connectivity index (χ1n) is 18.8. The second-order valence-electron chi connectivity index (χ2n) is 15.8. The van der Waals surface area contributed by atoms with Crippen LogP contribution in [0.5, 0.6) is 0 Å². The lowest BCUT2D eigenvalue weighted by molar-refractivity contribution is -0.135. The van der Waals surface area contributed by atoms with Gasteiger partial charge in [-0.2, -0.15) is 0 Å². The number of nitrogens with one attached hydrogen (secondary N) is 1. The van der Waals surface area contributed by atoms with Crippen molar-refractivity contribution < 1.29 is 14.4 Å². The first-order chi connectivity index (χ1) is 24.5. The Balaban J connectivity index is 0.859. The van der Waals surface area contributed by atoms with Crippen molar-refractivity contribution in [2.75, 3.05) is 58.0 Å². The van der Waals surface area contributed by atoms with Crippen LogP contribution in [-0.4, -0.2) is 94.9 Å².